The molecule has 0 N–H and O–H groups in total. The highest BCUT2D eigenvalue weighted by atomic mass is 19.1. The number of aromatic nitrogens is 4. The van der Waals surface area contributed by atoms with E-state index < -0.39 is 0 Å². The molecule has 2 aliphatic rings. The van der Waals surface area contributed by atoms with E-state index >= 15 is 0 Å². The lowest BCUT2D eigenvalue weighted by Crippen LogP contribution is -2.49. The van der Waals surface area contributed by atoms with Crippen LogP contribution in [0.25, 0.3) is 11.3 Å². The molecule has 5 rings (SSSR count). The summed E-state index contributed by atoms with van der Waals surface area (Å²) in [7, 11) is 1.76. The van der Waals surface area contributed by atoms with Crippen LogP contribution < -0.4 is 9.80 Å². The second-order valence-electron chi connectivity index (χ2n) is 8.62. The fourth-order valence-electron chi connectivity index (χ4n) is 4.51. The summed E-state index contributed by atoms with van der Waals surface area (Å²) in [6.45, 7) is 4.70. The maximum atomic E-state index is 13.2. The Morgan fingerprint density at radius 3 is 2.03 bits per heavy atom. The lowest BCUT2D eigenvalue weighted by Gasteiger charge is -2.35. The van der Waals surface area contributed by atoms with Gasteiger partial charge < -0.3 is 14.7 Å². The zero-order valence-corrected chi connectivity index (χ0v) is 18.8. The lowest BCUT2D eigenvalue weighted by atomic mass is 10.1. The number of hydrogen-bond acceptors (Lipinski definition) is 6. The average Bonchev–Trinajstić information content (AvgIpc) is 3.26. The molecule has 3 aromatic rings. The van der Waals surface area contributed by atoms with Crippen molar-refractivity contribution in [2.24, 2.45) is 7.05 Å². The first-order valence-electron chi connectivity index (χ1n) is 11.5. The first kappa shape index (κ1) is 21.4. The van der Waals surface area contributed by atoms with E-state index in [1.807, 2.05) is 11.0 Å². The summed E-state index contributed by atoms with van der Waals surface area (Å²) < 4.78 is 14.8. The van der Waals surface area contributed by atoms with E-state index in [2.05, 4.69) is 31.2 Å². The number of amides is 1. The smallest absolute Gasteiger partial charge is 0.272 e. The van der Waals surface area contributed by atoms with Gasteiger partial charge in [-0.3, -0.25) is 9.48 Å². The number of nitrogens with zero attached hydrogens (tertiary/aromatic N) is 7. The maximum Gasteiger partial charge on any atom is 0.272 e. The molecule has 0 aliphatic carbocycles. The minimum Gasteiger partial charge on any atom is -0.355 e. The van der Waals surface area contributed by atoms with Crippen LogP contribution in [0.3, 0.4) is 0 Å². The van der Waals surface area contributed by atoms with Crippen molar-refractivity contribution in [3.63, 3.8) is 0 Å². The van der Waals surface area contributed by atoms with Crippen molar-refractivity contribution in [3.8, 4) is 11.3 Å². The molecule has 2 saturated heterocycles. The largest absolute Gasteiger partial charge is 0.355 e. The molecule has 0 saturated carbocycles. The molecule has 0 unspecified atom stereocenters. The number of anilines is 2. The van der Waals surface area contributed by atoms with Gasteiger partial charge in [0.15, 0.2) is 11.6 Å². The van der Waals surface area contributed by atoms with E-state index in [0.717, 1.165) is 30.3 Å². The Balaban J connectivity index is 1.21. The maximum absolute atomic E-state index is 13.2. The summed E-state index contributed by atoms with van der Waals surface area (Å²) in [4.78, 5) is 19.4. The molecular weight excluding hydrogens is 421 g/mol. The van der Waals surface area contributed by atoms with Crippen LogP contribution in [0, 0.1) is 5.82 Å². The van der Waals surface area contributed by atoms with Gasteiger partial charge in [-0.05, 0) is 61.7 Å². The SMILES string of the molecule is Cn1nc(-c2ccc(F)cc2)cc1C(=O)N1CCN(c2ccc(N3CCCCC3)nn2)CC1. The number of piperazine rings is 1. The van der Waals surface area contributed by atoms with E-state index in [0.29, 0.717) is 37.6 Å². The van der Waals surface area contributed by atoms with Crippen molar-refractivity contribution in [1.29, 1.82) is 0 Å². The van der Waals surface area contributed by atoms with E-state index in [9.17, 15) is 9.18 Å². The van der Waals surface area contributed by atoms with Gasteiger partial charge in [0.2, 0.25) is 0 Å². The van der Waals surface area contributed by atoms with Crippen molar-refractivity contribution in [2.75, 3.05) is 49.1 Å². The van der Waals surface area contributed by atoms with E-state index in [4.69, 9.17) is 0 Å². The minimum atomic E-state index is -0.297. The second kappa shape index (κ2) is 9.17. The fourth-order valence-corrected chi connectivity index (χ4v) is 4.51. The Hall–Kier alpha value is -3.49. The zero-order valence-electron chi connectivity index (χ0n) is 18.8. The number of aryl methyl sites for hydroxylation is 1. The topological polar surface area (TPSA) is 70.4 Å². The minimum absolute atomic E-state index is 0.0513. The van der Waals surface area contributed by atoms with Crippen molar-refractivity contribution < 1.29 is 9.18 Å². The lowest BCUT2D eigenvalue weighted by molar-refractivity contribution is 0.0735. The summed E-state index contributed by atoms with van der Waals surface area (Å²) in [6, 6.07) is 12.0. The second-order valence-corrected chi connectivity index (χ2v) is 8.62. The molecule has 0 atom stereocenters. The third-order valence-electron chi connectivity index (χ3n) is 6.45. The Kier molecular flexibility index (Phi) is 5.93. The summed E-state index contributed by atoms with van der Waals surface area (Å²) in [5, 5.41) is 13.3. The van der Waals surface area contributed by atoms with Crippen LogP contribution in [0.15, 0.2) is 42.5 Å². The highest BCUT2D eigenvalue weighted by Crippen LogP contribution is 2.22. The molecule has 0 spiro atoms. The number of carbonyl (C=O) groups is 1. The standard InChI is InChI=1S/C24H28FN7O/c1-29-21(17-20(28-29)18-5-7-19(25)8-6-18)24(33)32-15-13-31(14-16-32)23-10-9-22(26-27-23)30-11-3-2-4-12-30/h5-10,17H,2-4,11-16H2,1H3. The molecule has 4 heterocycles. The van der Waals surface area contributed by atoms with Crippen molar-refractivity contribution in [1.82, 2.24) is 24.9 Å². The molecule has 0 bridgehead atoms. The molecular formula is C24H28FN7O. The monoisotopic (exact) mass is 449 g/mol. The summed E-state index contributed by atoms with van der Waals surface area (Å²) in [5.74, 6) is 1.45. The van der Waals surface area contributed by atoms with Crippen LogP contribution in [0.4, 0.5) is 16.0 Å². The van der Waals surface area contributed by atoms with Crippen LogP contribution >= 0.6 is 0 Å². The van der Waals surface area contributed by atoms with Crippen molar-refractivity contribution in [3.05, 3.63) is 54.0 Å². The van der Waals surface area contributed by atoms with E-state index in [1.165, 1.54) is 31.4 Å². The van der Waals surface area contributed by atoms with Gasteiger partial charge in [0.1, 0.15) is 11.5 Å². The van der Waals surface area contributed by atoms with Gasteiger partial charge in [-0.2, -0.15) is 5.10 Å². The van der Waals surface area contributed by atoms with E-state index in [1.54, 1.807) is 29.9 Å². The molecule has 0 radical (unpaired) electrons. The summed E-state index contributed by atoms with van der Waals surface area (Å²) in [6.07, 6.45) is 3.71. The third kappa shape index (κ3) is 4.53. The van der Waals surface area contributed by atoms with Gasteiger partial charge >= 0.3 is 0 Å². The highest BCUT2D eigenvalue weighted by molar-refractivity contribution is 5.94. The molecule has 8 nitrogen and oxygen atoms in total. The number of hydrogen-bond donors (Lipinski definition) is 0. The van der Waals surface area contributed by atoms with Crippen molar-refractivity contribution >= 4 is 17.5 Å². The quantitative estimate of drug-likeness (QED) is 0.610. The predicted molar refractivity (Wildman–Crippen MR) is 125 cm³/mol. The highest BCUT2D eigenvalue weighted by Gasteiger charge is 2.26. The predicted octanol–water partition coefficient (Wildman–Crippen LogP) is 2.97. The van der Waals surface area contributed by atoms with Gasteiger partial charge in [0.25, 0.3) is 5.91 Å². The molecule has 9 heteroatoms. The van der Waals surface area contributed by atoms with E-state index in [-0.39, 0.29) is 11.7 Å². The molecule has 2 aliphatic heterocycles. The number of piperidine rings is 1. The fraction of sp³-hybridized carbons (Fsp3) is 0.417. The van der Waals surface area contributed by atoms with Crippen LogP contribution in [0.5, 0.6) is 0 Å². The van der Waals surface area contributed by atoms with Crippen LogP contribution in [-0.2, 0) is 7.05 Å². The van der Waals surface area contributed by atoms with Crippen LogP contribution in [0.2, 0.25) is 0 Å². The van der Waals surface area contributed by atoms with Gasteiger partial charge in [-0.25, -0.2) is 4.39 Å². The zero-order chi connectivity index (χ0) is 22.8. The average molecular weight is 450 g/mol. The number of carbonyl (C=O) groups excluding carboxylic acids is 1. The molecule has 1 aromatic carbocycles. The Morgan fingerprint density at radius 1 is 0.818 bits per heavy atom. The normalized spacial score (nSPS) is 16.8. The molecule has 1 amide bonds. The summed E-state index contributed by atoms with van der Waals surface area (Å²) in [5.41, 5.74) is 1.96. The third-order valence-corrected chi connectivity index (χ3v) is 6.45. The first-order chi connectivity index (χ1) is 16.1. The van der Waals surface area contributed by atoms with Gasteiger partial charge in [0.05, 0.1) is 5.69 Å². The Bertz CT molecular complexity index is 1100. The number of benzene rings is 1. The first-order valence-corrected chi connectivity index (χ1v) is 11.5. The Morgan fingerprint density at radius 2 is 1.42 bits per heavy atom. The molecule has 172 valence electrons. The van der Waals surface area contributed by atoms with Crippen molar-refractivity contribution in [2.45, 2.75) is 19.3 Å². The van der Waals surface area contributed by atoms with Gasteiger partial charge in [0, 0.05) is 51.9 Å². The Labute approximate surface area is 192 Å². The van der Waals surface area contributed by atoms with Crippen LogP contribution in [0.1, 0.15) is 29.8 Å². The number of halogens is 1. The van der Waals surface area contributed by atoms with Gasteiger partial charge in [-0.15, -0.1) is 10.2 Å². The molecule has 2 aromatic heterocycles. The summed E-state index contributed by atoms with van der Waals surface area (Å²) >= 11 is 0. The number of rotatable bonds is 4. The van der Waals surface area contributed by atoms with Crippen LogP contribution in [-0.4, -0.2) is 70.1 Å². The van der Waals surface area contributed by atoms with Gasteiger partial charge in [-0.1, -0.05) is 0 Å². The molecule has 2 fully saturated rings. The molecule has 33 heavy (non-hydrogen) atoms.